The minimum absolute atomic E-state index is 0. The summed E-state index contributed by atoms with van der Waals surface area (Å²) in [6.45, 7) is 0. The van der Waals surface area contributed by atoms with Gasteiger partial charge in [-0.1, -0.05) is 0 Å². The van der Waals surface area contributed by atoms with Gasteiger partial charge < -0.3 is 15.0 Å². The Morgan fingerprint density at radius 1 is 1.33 bits per heavy atom. The van der Waals surface area contributed by atoms with Crippen LogP contribution in [0.2, 0.25) is 0 Å². The van der Waals surface area contributed by atoms with E-state index in [0.717, 1.165) is 0 Å². The molecule has 1 atom stereocenters. The number of hydrogen-bond donors (Lipinski definition) is 2. The van der Waals surface area contributed by atoms with E-state index in [2.05, 4.69) is 0 Å². The van der Waals surface area contributed by atoms with E-state index in [1.165, 1.54) is 0 Å². The molecule has 0 saturated heterocycles. The molecule has 64 valence electrons. The minimum Gasteiger partial charge on any atom is -0.550 e. The Hall–Kier alpha value is 0. The number of carbonyl (C=O) groups is 2. The van der Waals surface area contributed by atoms with Crippen LogP contribution in [0.4, 0.5) is 0 Å². The zero-order valence-electron chi connectivity index (χ0n) is 6.44. The Kier molecular flexibility index (Phi) is 20.3. The monoisotopic (exact) mass is 205 g/mol. The number of carboxylic acid groups (broad SMARTS) is 2. The number of rotatable bonds is 3. The maximum atomic E-state index is 9.61. The Morgan fingerprint density at radius 2 is 1.67 bits per heavy atom. The molecular weight excluding hydrogens is 198 g/mol. The zero-order chi connectivity index (χ0) is 9.28. The number of aliphatic carboxylic acids is 2. The molecule has 0 radical (unpaired) electrons. The topological polar surface area (TPSA) is 115 Å². The third-order valence-electron chi connectivity index (χ3n) is 0.543. The van der Waals surface area contributed by atoms with Crippen LogP contribution in [0.3, 0.4) is 0 Å². The molecule has 0 amide bonds. The fraction of sp³-hybridized carbons (Fsp3) is 0.500. The van der Waals surface area contributed by atoms with Gasteiger partial charge in [0.2, 0.25) is 0 Å². The molecule has 0 aromatic heterocycles. The maximum absolute atomic E-state index is 9.61. The van der Waals surface area contributed by atoms with Gasteiger partial charge in [0.15, 0.2) is 0 Å². The first-order valence-corrected chi connectivity index (χ1v) is 3.33. The third kappa shape index (κ3) is 32.4. The van der Waals surface area contributed by atoms with Crippen LogP contribution < -0.4 is 34.7 Å². The summed E-state index contributed by atoms with van der Waals surface area (Å²) in [5, 5.41) is 17.4. The molecule has 8 heteroatoms. The average Bonchev–Trinajstić information content (AvgIpc) is 1.85. The molecule has 0 saturated carbocycles. The van der Waals surface area contributed by atoms with Crippen LogP contribution in [0.5, 0.6) is 0 Å². The van der Waals surface area contributed by atoms with Gasteiger partial charge in [-0.25, -0.2) is 0 Å². The van der Waals surface area contributed by atoms with Crippen molar-refractivity contribution < 1.29 is 58.8 Å². The van der Waals surface area contributed by atoms with E-state index in [-0.39, 0.29) is 36.0 Å². The van der Waals surface area contributed by atoms with Gasteiger partial charge >= 0.3 is 44.2 Å². The fourth-order valence-electron chi connectivity index (χ4n) is 0.209. The van der Waals surface area contributed by atoms with Crippen molar-refractivity contribution in [2.24, 2.45) is 0 Å². The fourth-order valence-corrected chi connectivity index (χ4v) is 0.209. The van der Waals surface area contributed by atoms with Crippen molar-refractivity contribution in [3.63, 3.8) is 0 Å². The van der Waals surface area contributed by atoms with Crippen molar-refractivity contribution >= 4 is 20.6 Å². The molecule has 0 bridgehead atoms. The smallest absolute Gasteiger partial charge is 0.550 e. The largest absolute Gasteiger partial charge is 1.00 e. The molecule has 1 unspecified atom stereocenters. The van der Waals surface area contributed by atoms with Crippen LogP contribution in [0.25, 0.3) is 0 Å². The van der Waals surface area contributed by atoms with E-state index in [9.17, 15) is 14.7 Å². The molecule has 0 aliphatic heterocycles. The van der Waals surface area contributed by atoms with E-state index in [1.54, 1.807) is 0 Å². The summed E-state index contributed by atoms with van der Waals surface area (Å²) in [4.78, 5) is 26.2. The molecule has 0 heterocycles. The SMILES string of the molecule is O=C([O-])CCC(=O)O.O=[PH+]O.[Na+]. The first-order valence-electron chi connectivity index (χ1n) is 2.47. The van der Waals surface area contributed by atoms with Gasteiger partial charge in [0.1, 0.15) is 0 Å². The summed E-state index contributed by atoms with van der Waals surface area (Å²) in [5.74, 6) is -2.44. The molecule has 0 spiro atoms. The molecule has 12 heavy (non-hydrogen) atoms. The van der Waals surface area contributed by atoms with Crippen LogP contribution in [0, 0.1) is 0 Å². The molecule has 0 aromatic rings. The Morgan fingerprint density at radius 3 is 1.75 bits per heavy atom. The van der Waals surface area contributed by atoms with E-state index < -0.39 is 27.0 Å². The number of hydrogen-bond acceptors (Lipinski definition) is 4. The van der Waals surface area contributed by atoms with Crippen molar-refractivity contribution in [3.05, 3.63) is 0 Å². The van der Waals surface area contributed by atoms with Gasteiger partial charge in [0.05, 0.1) is 6.42 Å². The van der Waals surface area contributed by atoms with Gasteiger partial charge in [-0.3, -0.25) is 4.79 Å². The van der Waals surface area contributed by atoms with Gasteiger partial charge in [-0.2, -0.15) is 4.89 Å². The predicted octanol–water partition coefficient (Wildman–Crippen LogP) is -4.48. The first kappa shape index (κ1) is 17.9. The van der Waals surface area contributed by atoms with Crippen LogP contribution in [0.1, 0.15) is 12.8 Å². The molecule has 6 nitrogen and oxygen atoms in total. The van der Waals surface area contributed by atoms with Crippen LogP contribution in [-0.4, -0.2) is 21.9 Å². The Balaban J connectivity index is -0.000000177. The van der Waals surface area contributed by atoms with Gasteiger partial charge in [0.25, 0.3) is 0 Å². The summed E-state index contributed by atoms with van der Waals surface area (Å²) < 4.78 is 8.51. The van der Waals surface area contributed by atoms with Crippen LogP contribution >= 0.6 is 8.69 Å². The summed E-state index contributed by atoms with van der Waals surface area (Å²) in [6, 6.07) is 0. The number of carbonyl (C=O) groups excluding carboxylic acids is 1. The molecule has 0 fully saturated rings. The predicted molar refractivity (Wildman–Crippen MR) is 33.1 cm³/mol. The Labute approximate surface area is 92.2 Å². The number of carboxylic acids is 2. The third-order valence-corrected chi connectivity index (χ3v) is 0.543. The molecule has 0 aliphatic carbocycles. The summed E-state index contributed by atoms with van der Waals surface area (Å²) >= 11 is 0. The summed E-state index contributed by atoms with van der Waals surface area (Å²) in [6.07, 6.45) is -0.766. The van der Waals surface area contributed by atoms with Crippen molar-refractivity contribution in [2.45, 2.75) is 12.8 Å². The standard InChI is InChI=1S/C4H6O4.Na.HO2P/c5-3(6)1-2-4(7)8;;1-3-2/h1-2H2,(H,5,6)(H,7,8);;3H/q;+1;. The van der Waals surface area contributed by atoms with E-state index in [0.29, 0.717) is 0 Å². The molecule has 0 aliphatic rings. The van der Waals surface area contributed by atoms with E-state index in [4.69, 9.17) is 14.6 Å². The molecule has 0 aromatic carbocycles. The maximum Gasteiger partial charge on any atom is 1.00 e. The minimum atomic E-state index is -1.33. The van der Waals surface area contributed by atoms with Crippen LogP contribution in [-0.2, 0) is 14.2 Å². The molecule has 2 N–H and O–H groups in total. The quantitative estimate of drug-likeness (QED) is 0.354. The van der Waals surface area contributed by atoms with Gasteiger partial charge in [-0.15, -0.1) is 0 Å². The second kappa shape index (κ2) is 13.6. The van der Waals surface area contributed by atoms with Gasteiger partial charge in [0, 0.05) is 5.97 Å². The van der Waals surface area contributed by atoms with E-state index in [1.807, 2.05) is 0 Å². The van der Waals surface area contributed by atoms with Crippen molar-refractivity contribution in [2.75, 3.05) is 0 Å². The van der Waals surface area contributed by atoms with E-state index >= 15 is 0 Å². The second-order valence-corrected chi connectivity index (χ2v) is 1.54. The van der Waals surface area contributed by atoms with Gasteiger partial charge in [-0.05, 0) is 11.0 Å². The average molecular weight is 205 g/mol. The molecular formula is C4H7NaO6P+. The van der Waals surface area contributed by atoms with Crippen molar-refractivity contribution in [1.29, 1.82) is 0 Å². The molecule has 0 rings (SSSR count). The second-order valence-electron chi connectivity index (χ2n) is 1.36. The first-order chi connectivity index (χ1) is 5.04. The summed E-state index contributed by atoms with van der Waals surface area (Å²) in [7, 11) is -1.17. The summed E-state index contributed by atoms with van der Waals surface area (Å²) in [5.41, 5.74) is 0. The van der Waals surface area contributed by atoms with Crippen LogP contribution in [0.15, 0.2) is 0 Å². The normalized spacial score (nSPS) is 7.42. The Bertz CT molecular complexity index is 134. The zero-order valence-corrected chi connectivity index (χ0v) is 9.44. The van der Waals surface area contributed by atoms with Crippen molar-refractivity contribution in [3.8, 4) is 0 Å². The van der Waals surface area contributed by atoms with Crippen molar-refractivity contribution in [1.82, 2.24) is 0 Å².